The second kappa shape index (κ2) is 5.63. The summed E-state index contributed by atoms with van der Waals surface area (Å²) in [5, 5.41) is 0. The van der Waals surface area contributed by atoms with Crippen molar-refractivity contribution in [3.8, 4) is 0 Å². The van der Waals surface area contributed by atoms with Crippen molar-refractivity contribution in [2.45, 2.75) is 0 Å². The summed E-state index contributed by atoms with van der Waals surface area (Å²) in [5.41, 5.74) is 0.744. The Morgan fingerprint density at radius 2 is 1.50 bits per heavy atom. The van der Waals surface area contributed by atoms with Gasteiger partial charge in [-0.15, -0.1) is 0 Å². The van der Waals surface area contributed by atoms with E-state index in [-0.39, 0.29) is 33.1 Å². The number of ketones is 1. The van der Waals surface area contributed by atoms with E-state index in [1.54, 1.807) is 0 Å². The molecule has 6 radical (unpaired) electrons. The third kappa shape index (κ3) is 2.65. The van der Waals surface area contributed by atoms with Gasteiger partial charge < -0.3 is 0 Å². The second-order valence-electron chi connectivity index (χ2n) is 2.87. The maximum absolute atomic E-state index is 11.7. The Hall–Kier alpha value is -0.188. The quantitative estimate of drug-likeness (QED) is 0.572. The van der Waals surface area contributed by atoms with E-state index in [4.69, 9.17) is 0 Å². The summed E-state index contributed by atoms with van der Waals surface area (Å²) in [6.45, 7) is 0. The Bertz CT molecular complexity index is 288. The van der Waals surface area contributed by atoms with Crippen LogP contribution in [0.1, 0.15) is 10.4 Å². The largest absolute Gasteiger partial charge is 0.293 e. The van der Waals surface area contributed by atoms with Crippen molar-refractivity contribution in [2.24, 2.45) is 0 Å². The Labute approximate surface area is 105 Å². The summed E-state index contributed by atoms with van der Waals surface area (Å²) < 4.78 is 0. The van der Waals surface area contributed by atoms with Crippen LogP contribution < -0.4 is 0 Å². The molecule has 0 bridgehead atoms. The summed E-state index contributed by atoms with van der Waals surface area (Å²) in [6.07, 6.45) is 7.40. The van der Waals surface area contributed by atoms with Crippen molar-refractivity contribution >= 4 is 33.1 Å². The molecule has 0 aliphatic heterocycles. The Balaban J connectivity index is 0.000000980. The number of rotatable bonds is 2. The molecule has 1 aliphatic rings. The number of benzene rings is 1. The van der Waals surface area contributed by atoms with Crippen LogP contribution in [0.15, 0.2) is 30.3 Å². The summed E-state index contributed by atoms with van der Waals surface area (Å²) >= 11 is 0. The van der Waals surface area contributed by atoms with Gasteiger partial charge in [-0.3, -0.25) is 4.79 Å². The van der Waals surface area contributed by atoms with Crippen molar-refractivity contribution < 1.29 is 4.79 Å². The summed E-state index contributed by atoms with van der Waals surface area (Å²) in [6, 6.07) is 9.30. The molecule has 1 nitrogen and oxygen atoms in total. The van der Waals surface area contributed by atoms with Crippen LogP contribution in [0.4, 0.5) is 0 Å². The average Bonchev–Trinajstić information content (AvgIpc) is 2.71. The molecule has 0 spiro atoms. The van der Waals surface area contributed by atoms with Crippen LogP contribution in [0.5, 0.6) is 0 Å². The van der Waals surface area contributed by atoms with Gasteiger partial charge >= 0.3 is 0 Å². The number of carbonyl (C=O) groups is 1. The zero-order chi connectivity index (χ0) is 9.10. The van der Waals surface area contributed by atoms with E-state index < -0.39 is 0 Å². The molecule has 1 aromatic rings. The van der Waals surface area contributed by atoms with Gasteiger partial charge in [0.1, 0.15) is 0 Å². The van der Waals surface area contributed by atoms with Crippen LogP contribution in [0.2, 0.25) is 0 Å². The minimum Gasteiger partial charge on any atom is -0.293 e. The van der Waals surface area contributed by atoms with E-state index >= 15 is 0 Å². The molecule has 0 saturated heterocycles. The van der Waals surface area contributed by atoms with Crippen LogP contribution in [-0.2, 0) is 0 Å². The maximum Gasteiger partial charge on any atom is 0.170 e. The molecule has 0 atom stereocenters. The first kappa shape index (κ1) is 11.9. The van der Waals surface area contributed by atoms with Crippen molar-refractivity contribution in [1.29, 1.82) is 0 Å². The van der Waals surface area contributed by atoms with E-state index in [9.17, 15) is 4.79 Å². The molecule has 66 valence electrons. The normalized spacial score (nSPS) is 16.3. The van der Waals surface area contributed by atoms with Gasteiger partial charge in [0.25, 0.3) is 0 Å². The predicted molar refractivity (Wildman–Crippen MR) is 57.0 cm³/mol. The second-order valence-corrected chi connectivity index (χ2v) is 2.87. The minimum absolute atomic E-state index is 0. The number of hydrogen-bond acceptors (Lipinski definition) is 1. The third-order valence-corrected chi connectivity index (χ3v) is 1.96. The number of hydrogen-bond donors (Lipinski definition) is 0. The molecule has 2 rings (SSSR count). The zero-order valence-corrected chi connectivity index (χ0v) is 12.2. The summed E-state index contributed by atoms with van der Waals surface area (Å²) in [5.74, 6) is 0.844. The Kier molecular flexibility index (Phi) is 4.78. The standard InChI is InChI=1S/C12H9O.Tl/c13-12(11-8-4-5-9-11)10-6-2-1-3-7-10;/h1-9H;. The molecule has 1 fully saturated rings. The van der Waals surface area contributed by atoms with Gasteiger partial charge in [0.05, 0.1) is 5.92 Å². The molecule has 1 aliphatic carbocycles. The first-order valence-electron chi connectivity index (χ1n) is 4.19. The molecule has 0 aromatic heterocycles. The first-order valence-corrected chi connectivity index (χ1v) is 4.19. The fourth-order valence-electron chi connectivity index (χ4n) is 1.28. The van der Waals surface area contributed by atoms with Gasteiger partial charge in [0, 0.05) is 32.9 Å². The van der Waals surface area contributed by atoms with Crippen molar-refractivity contribution in [3.63, 3.8) is 0 Å². The number of carbonyl (C=O) groups excluding carboxylic acids is 1. The van der Waals surface area contributed by atoms with Crippen LogP contribution in [-0.4, -0.2) is 33.1 Å². The zero-order valence-electron chi connectivity index (χ0n) is 7.68. The molecule has 14 heavy (non-hydrogen) atoms. The molecular formula is C12H9OTl. The van der Waals surface area contributed by atoms with E-state index in [1.807, 2.05) is 56.0 Å². The summed E-state index contributed by atoms with van der Waals surface area (Å²) in [4.78, 5) is 11.7. The van der Waals surface area contributed by atoms with E-state index in [0.29, 0.717) is 0 Å². The molecule has 1 saturated carbocycles. The molecule has 0 heterocycles. The SMILES string of the molecule is O=C([C]1[CH][CH][CH][CH]1)c1ccccc1.[Tl]. The Morgan fingerprint density at radius 3 is 2.07 bits per heavy atom. The van der Waals surface area contributed by atoms with Crippen molar-refractivity contribution in [3.05, 3.63) is 67.5 Å². The summed E-state index contributed by atoms with van der Waals surface area (Å²) in [7, 11) is 0. The smallest absolute Gasteiger partial charge is 0.170 e. The minimum atomic E-state index is 0. The monoisotopic (exact) mass is 374 g/mol. The van der Waals surface area contributed by atoms with E-state index in [2.05, 4.69) is 0 Å². The molecule has 0 N–H and O–H groups in total. The van der Waals surface area contributed by atoms with Gasteiger partial charge in [-0.2, -0.15) is 0 Å². The molecule has 0 amide bonds. The van der Waals surface area contributed by atoms with Gasteiger partial charge in [0.15, 0.2) is 5.78 Å². The average molecular weight is 374 g/mol. The van der Waals surface area contributed by atoms with Gasteiger partial charge in [-0.05, 0) is 25.7 Å². The van der Waals surface area contributed by atoms with Gasteiger partial charge in [-0.25, -0.2) is 0 Å². The van der Waals surface area contributed by atoms with Crippen LogP contribution in [0.25, 0.3) is 0 Å². The van der Waals surface area contributed by atoms with Crippen LogP contribution in [0.3, 0.4) is 0 Å². The third-order valence-electron chi connectivity index (χ3n) is 1.96. The fraction of sp³-hybridized carbons (Fsp3) is 0. The molecule has 2 heteroatoms. The Morgan fingerprint density at radius 1 is 0.929 bits per heavy atom. The fourth-order valence-corrected chi connectivity index (χ4v) is 1.28. The van der Waals surface area contributed by atoms with E-state index in [0.717, 1.165) is 11.5 Å². The first-order chi connectivity index (χ1) is 6.38. The molecular weight excluding hydrogens is 365 g/mol. The van der Waals surface area contributed by atoms with Gasteiger partial charge in [-0.1, -0.05) is 30.3 Å². The predicted octanol–water partition coefficient (Wildman–Crippen LogP) is 1.89. The molecule has 0 unspecified atom stereocenters. The van der Waals surface area contributed by atoms with Gasteiger partial charge in [0.2, 0.25) is 0 Å². The van der Waals surface area contributed by atoms with Crippen LogP contribution >= 0.6 is 0 Å². The maximum atomic E-state index is 11.7. The molecule has 1 aromatic carbocycles. The number of Topliss-reactive ketones (excluding diaryl/α,β-unsaturated/α-hetero) is 1. The van der Waals surface area contributed by atoms with Crippen molar-refractivity contribution in [2.75, 3.05) is 0 Å². The van der Waals surface area contributed by atoms with Crippen molar-refractivity contribution in [1.82, 2.24) is 0 Å². The topological polar surface area (TPSA) is 17.1 Å². The van der Waals surface area contributed by atoms with Crippen LogP contribution in [0, 0.1) is 31.6 Å². The van der Waals surface area contributed by atoms with E-state index in [1.165, 1.54) is 0 Å².